The predicted molar refractivity (Wildman–Crippen MR) is 60.4 cm³/mol. The standard InChI is InChI=1S/C13H19N/c1-2-13(9-6-10-14-13)11-12-7-4-3-5-8-12/h3-5,7-8,14H,2,6,9-11H2,1H3/t13-/m1/s1. The fourth-order valence-corrected chi connectivity index (χ4v) is 2.43. The molecule has 0 radical (unpaired) electrons. The zero-order chi connectivity index (χ0) is 9.86. The molecule has 1 aromatic carbocycles. The van der Waals surface area contributed by atoms with Crippen LogP contribution in [0.15, 0.2) is 30.3 Å². The number of nitrogens with one attached hydrogen (secondary N) is 1. The maximum absolute atomic E-state index is 3.67. The summed E-state index contributed by atoms with van der Waals surface area (Å²) in [6.45, 7) is 3.49. The maximum Gasteiger partial charge on any atom is 0.0219 e. The van der Waals surface area contributed by atoms with Crippen molar-refractivity contribution >= 4 is 0 Å². The lowest BCUT2D eigenvalue weighted by Crippen LogP contribution is -2.41. The highest BCUT2D eigenvalue weighted by Crippen LogP contribution is 2.26. The minimum absolute atomic E-state index is 0.390. The molecule has 0 spiro atoms. The minimum Gasteiger partial charge on any atom is -0.311 e. The fourth-order valence-electron chi connectivity index (χ4n) is 2.43. The molecule has 0 bridgehead atoms. The van der Waals surface area contributed by atoms with E-state index in [0.29, 0.717) is 5.54 Å². The van der Waals surface area contributed by atoms with Gasteiger partial charge in [0, 0.05) is 5.54 Å². The summed E-state index contributed by atoms with van der Waals surface area (Å²) in [6, 6.07) is 10.8. The molecule has 1 heteroatoms. The van der Waals surface area contributed by atoms with E-state index in [1.165, 1.54) is 37.8 Å². The molecular formula is C13H19N. The monoisotopic (exact) mass is 189 g/mol. The normalized spacial score (nSPS) is 26.6. The Kier molecular flexibility index (Phi) is 2.87. The summed E-state index contributed by atoms with van der Waals surface area (Å²) in [4.78, 5) is 0. The molecule has 1 aliphatic rings. The Morgan fingerprint density at radius 2 is 2.07 bits per heavy atom. The molecule has 1 saturated heterocycles. The topological polar surface area (TPSA) is 12.0 Å². The van der Waals surface area contributed by atoms with Crippen LogP contribution < -0.4 is 5.32 Å². The van der Waals surface area contributed by atoms with Crippen molar-refractivity contribution in [2.75, 3.05) is 6.54 Å². The molecule has 1 aromatic rings. The third kappa shape index (κ3) is 1.98. The molecule has 1 aliphatic heterocycles. The smallest absolute Gasteiger partial charge is 0.0219 e. The van der Waals surface area contributed by atoms with Gasteiger partial charge in [-0.2, -0.15) is 0 Å². The Morgan fingerprint density at radius 1 is 1.29 bits per heavy atom. The average Bonchev–Trinajstić information content (AvgIpc) is 2.69. The lowest BCUT2D eigenvalue weighted by Gasteiger charge is -2.28. The fraction of sp³-hybridized carbons (Fsp3) is 0.538. The summed E-state index contributed by atoms with van der Waals surface area (Å²) < 4.78 is 0. The lowest BCUT2D eigenvalue weighted by molar-refractivity contribution is 0.360. The van der Waals surface area contributed by atoms with Crippen molar-refractivity contribution in [1.29, 1.82) is 0 Å². The molecule has 2 rings (SSSR count). The van der Waals surface area contributed by atoms with E-state index in [1.54, 1.807) is 0 Å². The van der Waals surface area contributed by atoms with Crippen molar-refractivity contribution in [3.8, 4) is 0 Å². The van der Waals surface area contributed by atoms with Crippen LogP contribution in [-0.4, -0.2) is 12.1 Å². The first-order chi connectivity index (χ1) is 6.85. The van der Waals surface area contributed by atoms with Gasteiger partial charge in [-0.1, -0.05) is 37.3 Å². The van der Waals surface area contributed by atoms with Crippen LogP contribution in [0.25, 0.3) is 0 Å². The Bertz CT molecular complexity index is 273. The van der Waals surface area contributed by atoms with Crippen molar-refractivity contribution in [2.45, 2.75) is 38.1 Å². The number of benzene rings is 1. The van der Waals surface area contributed by atoms with E-state index >= 15 is 0 Å². The molecule has 0 amide bonds. The van der Waals surface area contributed by atoms with Crippen LogP contribution in [0.2, 0.25) is 0 Å². The van der Waals surface area contributed by atoms with Gasteiger partial charge in [0.2, 0.25) is 0 Å². The second-order valence-corrected chi connectivity index (χ2v) is 4.33. The lowest BCUT2D eigenvalue weighted by atomic mass is 9.87. The molecule has 14 heavy (non-hydrogen) atoms. The largest absolute Gasteiger partial charge is 0.311 e. The molecule has 0 saturated carbocycles. The van der Waals surface area contributed by atoms with Gasteiger partial charge in [-0.05, 0) is 37.8 Å². The summed E-state index contributed by atoms with van der Waals surface area (Å²) in [5.41, 5.74) is 1.85. The second-order valence-electron chi connectivity index (χ2n) is 4.33. The van der Waals surface area contributed by atoms with E-state index in [9.17, 15) is 0 Å². The molecule has 1 nitrogen and oxygen atoms in total. The molecule has 1 atom stereocenters. The van der Waals surface area contributed by atoms with Gasteiger partial charge >= 0.3 is 0 Å². The zero-order valence-corrected chi connectivity index (χ0v) is 8.92. The van der Waals surface area contributed by atoms with Gasteiger partial charge in [0.05, 0.1) is 0 Å². The van der Waals surface area contributed by atoms with Gasteiger partial charge in [0.25, 0.3) is 0 Å². The van der Waals surface area contributed by atoms with Crippen molar-refractivity contribution in [3.05, 3.63) is 35.9 Å². The Balaban J connectivity index is 2.08. The van der Waals surface area contributed by atoms with Gasteiger partial charge in [0.15, 0.2) is 0 Å². The second kappa shape index (κ2) is 4.14. The minimum atomic E-state index is 0.390. The van der Waals surface area contributed by atoms with Crippen LogP contribution in [0, 0.1) is 0 Å². The summed E-state index contributed by atoms with van der Waals surface area (Å²) in [5, 5.41) is 3.67. The number of rotatable bonds is 3. The highest BCUT2D eigenvalue weighted by Gasteiger charge is 2.31. The molecule has 0 aliphatic carbocycles. The Morgan fingerprint density at radius 3 is 2.64 bits per heavy atom. The van der Waals surface area contributed by atoms with Crippen LogP contribution in [0.5, 0.6) is 0 Å². The third-order valence-corrected chi connectivity index (χ3v) is 3.39. The van der Waals surface area contributed by atoms with Crippen molar-refractivity contribution < 1.29 is 0 Å². The Labute approximate surface area is 86.5 Å². The van der Waals surface area contributed by atoms with Crippen LogP contribution in [-0.2, 0) is 6.42 Å². The van der Waals surface area contributed by atoms with Gasteiger partial charge in [-0.3, -0.25) is 0 Å². The van der Waals surface area contributed by atoms with E-state index in [-0.39, 0.29) is 0 Å². The molecule has 76 valence electrons. The summed E-state index contributed by atoms with van der Waals surface area (Å²) in [7, 11) is 0. The van der Waals surface area contributed by atoms with E-state index < -0.39 is 0 Å². The van der Waals surface area contributed by atoms with Gasteiger partial charge in [-0.15, -0.1) is 0 Å². The summed E-state index contributed by atoms with van der Waals surface area (Å²) in [5.74, 6) is 0. The van der Waals surface area contributed by atoms with E-state index in [4.69, 9.17) is 0 Å². The number of hydrogen-bond acceptors (Lipinski definition) is 1. The molecule has 0 unspecified atom stereocenters. The molecular weight excluding hydrogens is 170 g/mol. The van der Waals surface area contributed by atoms with Crippen LogP contribution in [0.4, 0.5) is 0 Å². The zero-order valence-electron chi connectivity index (χ0n) is 8.92. The van der Waals surface area contributed by atoms with Crippen molar-refractivity contribution in [2.24, 2.45) is 0 Å². The van der Waals surface area contributed by atoms with Crippen molar-refractivity contribution in [1.82, 2.24) is 5.32 Å². The Hall–Kier alpha value is -0.820. The van der Waals surface area contributed by atoms with Crippen LogP contribution in [0.3, 0.4) is 0 Å². The molecule has 1 fully saturated rings. The first-order valence-electron chi connectivity index (χ1n) is 5.64. The third-order valence-electron chi connectivity index (χ3n) is 3.39. The van der Waals surface area contributed by atoms with Gasteiger partial charge in [0.1, 0.15) is 0 Å². The maximum atomic E-state index is 3.67. The van der Waals surface area contributed by atoms with E-state index in [0.717, 1.165) is 0 Å². The SMILES string of the molecule is CC[C@]1(Cc2ccccc2)CCCN1. The van der Waals surface area contributed by atoms with Crippen LogP contribution >= 0.6 is 0 Å². The van der Waals surface area contributed by atoms with Gasteiger partial charge in [-0.25, -0.2) is 0 Å². The quantitative estimate of drug-likeness (QED) is 0.771. The predicted octanol–water partition coefficient (Wildman–Crippen LogP) is 2.76. The van der Waals surface area contributed by atoms with Gasteiger partial charge < -0.3 is 5.32 Å². The summed E-state index contributed by atoms with van der Waals surface area (Å²) >= 11 is 0. The van der Waals surface area contributed by atoms with Crippen LogP contribution in [0.1, 0.15) is 31.7 Å². The first-order valence-corrected chi connectivity index (χ1v) is 5.64. The average molecular weight is 189 g/mol. The highest BCUT2D eigenvalue weighted by molar-refractivity contribution is 5.18. The first kappa shape index (κ1) is 9.72. The van der Waals surface area contributed by atoms with E-state index in [2.05, 4.69) is 42.6 Å². The molecule has 0 aromatic heterocycles. The summed E-state index contributed by atoms with van der Waals surface area (Å²) in [6.07, 6.45) is 5.09. The van der Waals surface area contributed by atoms with E-state index in [1.807, 2.05) is 0 Å². The number of hydrogen-bond donors (Lipinski definition) is 1. The highest BCUT2D eigenvalue weighted by atomic mass is 15.0. The van der Waals surface area contributed by atoms with Crippen molar-refractivity contribution in [3.63, 3.8) is 0 Å². The molecule has 1 N–H and O–H groups in total. The molecule has 1 heterocycles.